The quantitative estimate of drug-likeness (QED) is 0.813. The van der Waals surface area contributed by atoms with Gasteiger partial charge in [0, 0.05) is 18.0 Å². The first-order valence-electron chi connectivity index (χ1n) is 7.61. The third kappa shape index (κ3) is 1.97. The lowest BCUT2D eigenvalue weighted by atomic mass is 9.73. The van der Waals surface area contributed by atoms with Gasteiger partial charge in [-0.3, -0.25) is 4.79 Å². The van der Waals surface area contributed by atoms with E-state index in [4.69, 9.17) is 0 Å². The number of likely N-dealkylation sites (tertiary alicyclic amines) is 1. The molecule has 102 valence electrons. The summed E-state index contributed by atoms with van der Waals surface area (Å²) < 4.78 is 0. The summed E-state index contributed by atoms with van der Waals surface area (Å²) in [5, 5.41) is 3.45. The van der Waals surface area contributed by atoms with Crippen LogP contribution in [-0.4, -0.2) is 36.5 Å². The molecule has 1 aliphatic carbocycles. The van der Waals surface area contributed by atoms with Gasteiger partial charge in [0.05, 0.1) is 0 Å². The number of hydrogen-bond acceptors (Lipinski definition) is 2. The van der Waals surface area contributed by atoms with Crippen molar-refractivity contribution in [2.24, 2.45) is 17.3 Å². The number of nitrogens with zero attached hydrogens (tertiary/aromatic N) is 1. The number of carbonyl (C=O) groups is 1. The van der Waals surface area contributed by atoms with Gasteiger partial charge in [-0.15, -0.1) is 0 Å². The molecule has 2 saturated heterocycles. The molecule has 3 nitrogen and oxygen atoms in total. The predicted molar refractivity (Wildman–Crippen MR) is 72.2 cm³/mol. The molecule has 2 heterocycles. The van der Waals surface area contributed by atoms with Gasteiger partial charge in [-0.2, -0.15) is 0 Å². The molecule has 3 heteroatoms. The van der Waals surface area contributed by atoms with Gasteiger partial charge in [0.2, 0.25) is 5.91 Å². The van der Waals surface area contributed by atoms with Crippen molar-refractivity contribution in [2.45, 2.75) is 52.0 Å². The number of hydrogen-bond donors (Lipinski definition) is 1. The van der Waals surface area contributed by atoms with Crippen molar-refractivity contribution in [3.05, 3.63) is 0 Å². The zero-order valence-corrected chi connectivity index (χ0v) is 11.7. The second-order valence-corrected chi connectivity index (χ2v) is 7.06. The highest BCUT2D eigenvalue weighted by atomic mass is 16.2. The molecule has 18 heavy (non-hydrogen) atoms. The van der Waals surface area contributed by atoms with E-state index in [2.05, 4.69) is 24.1 Å². The van der Waals surface area contributed by atoms with Gasteiger partial charge in [0.25, 0.3) is 0 Å². The number of carbonyl (C=O) groups excluding carboxylic acids is 1. The van der Waals surface area contributed by atoms with Crippen molar-refractivity contribution in [3.63, 3.8) is 0 Å². The van der Waals surface area contributed by atoms with Crippen molar-refractivity contribution in [1.29, 1.82) is 0 Å². The highest BCUT2D eigenvalue weighted by Crippen LogP contribution is 2.42. The second-order valence-electron chi connectivity index (χ2n) is 7.06. The molecule has 3 atom stereocenters. The monoisotopic (exact) mass is 250 g/mol. The minimum atomic E-state index is -0.183. The third-order valence-corrected chi connectivity index (χ3v) is 5.54. The Balaban J connectivity index is 1.70. The summed E-state index contributed by atoms with van der Waals surface area (Å²) in [4.78, 5) is 15.1. The molecule has 2 aliphatic heterocycles. The molecule has 1 amide bonds. The third-order valence-electron chi connectivity index (χ3n) is 5.54. The van der Waals surface area contributed by atoms with Gasteiger partial charge < -0.3 is 10.2 Å². The molecule has 1 N–H and O–H groups in total. The molecule has 3 fully saturated rings. The van der Waals surface area contributed by atoms with Crippen molar-refractivity contribution in [1.82, 2.24) is 10.2 Å². The van der Waals surface area contributed by atoms with Crippen LogP contribution in [0.2, 0.25) is 0 Å². The molecule has 3 rings (SSSR count). The minimum Gasteiger partial charge on any atom is -0.339 e. The maximum atomic E-state index is 12.9. The van der Waals surface area contributed by atoms with E-state index in [0.29, 0.717) is 17.9 Å². The van der Waals surface area contributed by atoms with Crippen molar-refractivity contribution < 1.29 is 4.79 Å². The van der Waals surface area contributed by atoms with Crippen LogP contribution in [-0.2, 0) is 4.79 Å². The molecule has 0 spiro atoms. The van der Waals surface area contributed by atoms with Crippen LogP contribution in [0.5, 0.6) is 0 Å². The summed E-state index contributed by atoms with van der Waals surface area (Å²) in [7, 11) is 0. The smallest absolute Gasteiger partial charge is 0.228 e. The van der Waals surface area contributed by atoms with E-state index in [1.165, 1.54) is 32.1 Å². The first kappa shape index (κ1) is 12.5. The normalized spacial score (nSPS) is 36.1. The molecular formula is C15H26N2O. The minimum absolute atomic E-state index is 0.183. The van der Waals surface area contributed by atoms with E-state index in [-0.39, 0.29) is 5.41 Å². The highest BCUT2D eigenvalue weighted by Gasteiger charge is 2.46. The molecule has 3 aliphatic rings. The zero-order chi connectivity index (χ0) is 12.8. The number of piperidine rings is 2. The Bertz CT molecular complexity index is 333. The van der Waals surface area contributed by atoms with Gasteiger partial charge in [0.1, 0.15) is 0 Å². The maximum absolute atomic E-state index is 12.9. The van der Waals surface area contributed by atoms with Crippen LogP contribution in [0, 0.1) is 17.3 Å². The average molecular weight is 250 g/mol. The molecule has 2 bridgehead atoms. The van der Waals surface area contributed by atoms with Crippen LogP contribution in [0.15, 0.2) is 0 Å². The van der Waals surface area contributed by atoms with Gasteiger partial charge in [-0.05, 0) is 57.0 Å². The molecule has 0 radical (unpaired) electrons. The van der Waals surface area contributed by atoms with Crippen LogP contribution in [0.4, 0.5) is 0 Å². The Morgan fingerprint density at radius 3 is 2.67 bits per heavy atom. The Morgan fingerprint density at radius 2 is 2.11 bits per heavy atom. The summed E-state index contributed by atoms with van der Waals surface area (Å²) in [5.41, 5.74) is -0.183. The Hall–Kier alpha value is -0.570. The fraction of sp³-hybridized carbons (Fsp3) is 0.933. The summed E-state index contributed by atoms with van der Waals surface area (Å²) >= 11 is 0. The van der Waals surface area contributed by atoms with Crippen molar-refractivity contribution >= 4 is 5.91 Å². The fourth-order valence-corrected chi connectivity index (χ4v) is 4.19. The molecule has 0 aromatic rings. The molecule has 0 aromatic carbocycles. The molecular weight excluding hydrogens is 224 g/mol. The van der Waals surface area contributed by atoms with E-state index in [1.54, 1.807) is 0 Å². The summed E-state index contributed by atoms with van der Waals surface area (Å²) in [5.74, 6) is 1.74. The van der Waals surface area contributed by atoms with Crippen LogP contribution in [0.1, 0.15) is 46.0 Å². The molecule has 3 unspecified atom stereocenters. The van der Waals surface area contributed by atoms with E-state index in [1.807, 2.05) is 0 Å². The van der Waals surface area contributed by atoms with Gasteiger partial charge >= 0.3 is 0 Å². The summed E-state index contributed by atoms with van der Waals surface area (Å²) in [6, 6.07) is 0.568. The average Bonchev–Trinajstić information content (AvgIpc) is 3.01. The van der Waals surface area contributed by atoms with Crippen LogP contribution >= 0.6 is 0 Å². The van der Waals surface area contributed by atoms with Gasteiger partial charge in [-0.1, -0.05) is 13.8 Å². The SMILES string of the molecule is CC(C)(C(=O)N1CC2CCC1C2)C1CCCNC1. The van der Waals surface area contributed by atoms with E-state index >= 15 is 0 Å². The van der Waals surface area contributed by atoms with Crippen LogP contribution in [0.3, 0.4) is 0 Å². The first-order chi connectivity index (χ1) is 8.59. The van der Waals surface area contributed by atoms with Crippen molar-refractivity contribution in [2.75, 3.05) is 19.6 Å². The van der Waals surface area contributed by atoms with Crippen LogP contribution < -0.4 is 5.32 Å². The Morgan fingerprint density at radius 1 is 1.28 bits per heavy atom. The predicted octanol–water partition coefficient (Wildman–Crippen LogP) is 2.02. The lowest BCUT2D eigenvalue weighted by Gasteiger charge is -2.41. The molecule has 0 aromatic heterocycles. The number of nitrogens with one attached hydrogen (secondary N) is 1. The molecule has 1 saturated carbocycles. The van der Waals surface area contributed by atoms with E-state index < -0.39 is 0 Å². The zero-order valence-electron chi connectivity index (χ0n) is 11.7. The summed E-state index contributed by atoms with van der Waals surface area (Å²) in [6.45, 7) is 7.50. The Kier molecular flexibility index (Phi) is 3.13. The van der Waals surface area contributed by atoms with Gasteiger partial charge in [-0.25, -0.2) is 0 Å². The first-order valence-corrected chi connectivity index (χ1v) is 7.61. The maximum Gasteiger partial charge on any atom is 0.228 e. The number of rotatable bonds is 2. The lowest BCUT2D eigenvalue weighted by Crippen LogP contribution is -2.51. The largest absolute Gasteiger partial charge is 0.339 e. The number of amides is 1. The standard InChI is InChI=1S/C15H26N2O/c1-15(2,12-4-3-7-16-9-12)14(18)17-10-11-5-6-13(17)8-11/h11-13,16H,3-10H2,1-2H3. The topological polar surface area (TPSA) is 32.3 Å². The van der Waals surface area contributed by atoms with E-state index in [9.17, 15) is 4.79 Å². The number of fused-ring (bicyclic) bond motifs is 2. The highest BCUT2D eigenvalue weighted by molar-refractivity contribution is 5.83. The van der Waals surface area contributed by atoms with E-state index in [0.717, 1.165) is 25.6 Å². The van der Waals surface area contributed by atoms with Crippen molar-refractivity contribution in [3.8, 4) is 0 Å². The van der Waals surface area contributed by atoms with Crippen LogP contribution in [0.25, 0.3) is 0 Å². The lowest BCUT2D eigenvalue weighted by molar-refractivity contribution is -0.145. The van der Waals surface area contributed by atoms with Gasteiger partial charge in [0.15, 0.2) is 0 Å². The second kappa shape index (κ2) is 4.52. The fourth-order valence-electron chi connectivity index (χ4n) is 4.19. The Labute approximate surface area is 110 Å². The summed E-state index contributed by atoms with van der Waals surface area (Å²) in [6.07, 6.45) is 6.28.